The highest BCUT2D eigenvalue weighted by Crippen LogP contribution is 2.02. The number of hydroxylamine groups is 1. The fourth-order valence-electron chi connectivity index (χ4n) is 1.30. The molecule has 0 saturated carbocycles. The number of hydrogen-bond acceptors (Lipinski definition) is 5. The van der Waals surface area contributed by atoms with Crippen LogP contribution in [0.1, 0.15) is 33.1 Å². The summed E-state index contributed by atoms with van der Waals surface area (Å²) in [5.74, 6) is -1.16. The maximum atomic E-state index is 11.3. The lowest BCUT2D eigenvalue weighted by Gasteiger charge is -2.15. The summed E-state index contributed by atoms with van der Waals surface area (Å²) in [6.45, 7) is 3.59. The number of aliphatic carboxylic acids is 1. The van der Waals surface area contributed by atoms with Gasteiger partial charge in [-0.05, 0) is 33.1 Å². The Hall–Kier alpha value is -1.67. The highest BCUT2D eigenvalue weighted by atomic mass is 16.5. The molecule has 6 N–H and O–H groups in total. The summed E-state index contributed by atoms with van der Waals surface area (Å²) in [6, 6.07) is -1.66. The number of aliphatic imine (C=N–C) groups is 1. The molecule has 0 bridgehead atoms. The van der Waals surface area contributed by atoms with E-state index in [9.17, 15) is 9.59 Å². The van der Waals surface area contributed by atoms with Gasteiger partial charge >= 0.3 is 5.97 Å². The van der Waals surface area contributed by atoms with E-state index in [-0.39, 0.29) is 0 Å². The smallest absolute Gasteiger partial charge is 0.326 e. The molecule has 110 valence electrons. The maximum Gasteiger partial charge on any atom is 0.326 e. The summed E-state index contributed by atoms with van der Waals surface area (Å²) in [5, 5.41) is 19.8. The summed E-state index contributed by atoms with van der Waals surface area (Å²) in [7, 11) is 0. The predicted octanol–water partition coefficient (Wildman–Crippen LogP) is -0.529. The van der Waals surface area contributed by atoms with Crippen LogP contribution in [-0.4, -0.2) is 46.7 Å². The Labute approximate surface area is 112 Å². The molecule has 0 unspecified atom stereocenters. The van der Waals surface area contributed by atoms with Crippen LogP contribution < -0.4 is 16.5 Å². The molecule has 1 amide bonds. The number of nitrogens with one attached hydrogen (secondary N) is 2. The molecule has 0 rings (SSSR count). The van der Waals surface area contributed by atoms with E-state index in [4.69, 9.17) is 16.0 Å². The Kier molecular flexibility index (Phi) is 8.47. The normalized spacial score (nSPS) is 14.6. The van der Waals surface area contributed by atoms with E-state index in [2.05, 4.69) is 10.3 Å². The molecule has 0 spiro atoms. The van der Waals surface area contributed by atoms with Crippen LogP contribution in [0.5, 0.6) is 0 Å². The number of hydrogen-bond donors (Lipinski definition) is 5. The van der Waals surface area contributed by atoms with Gasteiger partial charge in [-0.15, -0.1) is 0 Å². The van der Waals surface area contributed by atoms with Crippen LogP contribution in [0, 0.1) is 0 Å². The Bertz CT molecular complexity index is 331. The molecule has 0 aliphatic heterocycles. The van der Waals surface area contributed by atoms with Crippen LogP contribution in [0.4, 0.5) is 0 Å². The minimum Gasteiger partial charge on any atom is -0.480 e. The van der Waals surface area contributed by atoms with Gasteiger partial charge in [0.25, 0.3) is 0 Å². The predicted molar refractivity (Wildman–Crippen MR) is 70.0 cm³/mol. The van der Waals surface area contributed by atoms with E-state index >= 15 is 0 Å². The van der Waals surface area contributed by atoms with E-state index in [1.807, 2.05) is 5.48 Å². The molecular weight excluding hydrogens is 252 g/mol. The molecule has 0 radical (unpaired) electrons. The first-order valence-electron chi connectivity index (χ1n) is 6.08. The number of nitrogens with zero attached hydrogens (tertiary/aromatic N) is 1. The maximum absolute atomic E-state index is 11.3. The summed E-state index contributed by atoms with van der Waals surface area (Å²) < 4.78 is 0. The van der Waals surface area contributed by atoms with Gasteiger partial charge in [0.2, 0.25) is 5.91 Å². The van der Waals surface area contributed by atoms with E-state index in [0.717, 1.165) is 0 Å². The third kappa shape index (κ3) is 8.11. The second-order valence-corrected chi connectivity index (χ2v) is 4.26. The van der Waals surface area contributed by atoms with Crippen LogP contribution in [0.3, 0.4) is 0 Å². The van der Waals surface area contributed by atoms with E-state index in [1.54, 1.807) is 6.92 Å². The molecule has 0 aromatic rings. The molecule has 19 heavy (non-hydrogen) atoms. The van der Waals surface area contributed by atoms with Crippen LogP contribution >= 0.6 is 0 Å². The Morgan fingerprint density at radius 2 is 2.00 bits per heavy atom. The van der Waals surface area contributed by atoms with Gasteiger partial charge < -0.3 is 16.2 Å². The molecule has 0 aromatic carbocycles. The van der Waals surface area contributed by atoms with E-state index < -0.39 is 24.0 Å². The van der Waals surface area contributed by atoms with Crippen molar-refractivity contribution in [1.82, 2.24) is 10.8 Å². The number of carboxylic acids is 1. The standard InChI is InChI=1S/C11H22N4O4/c1-7(12)10(16)14-9(11(17)18)5-3-4-6-13-8(2)15-19/h7,9,19H,3-6,12H2,1-2H3,(H,13,15)(H,14,16)(H,17,18)/t7-,9+/m1/s1. The van der Waals surface area contributed by atoms with Crippen LogP contribution in [0.15, 0.2) is 4.99 Å². The van der Waals surface area contributed by atoms with Crippen molar-refractivity contribution >= 4 is 17.7 Å². The van der Waals surface area contributed by atoms with Crippen molar-refractivity contribution in [2.75, 3.05) is 6.54 Å². The van der Waals surface area contributed by atoms with Gasteiger partial charge in [0, 0.05) is 6.54 Å². The third-order valence-electron chi connectivity index (χ3n) is 2.44. The number of carbonyl (C=O) groups excluding carboxylic acids is 1. The average molecular weight is 274 g/mol. The quantitative estimate of drug-likeness (QED) is 0.175. The Balaban J connectivity index is 4.03. The molecule has 2 atom stereocenters. The highest BCUT2D eigenvalue weighted by Gasteiger charge is 2.20. The zero-order chi connectivity index (χ0) is 14.8. The second-order valence-electron chi connectivity index (χ2n) is 4.26. The molecule has 8 heteroatoms. The largest absolute Gasteiger partial charge is 0.480 e. The lowest BCUT2D eigenvalue weighted by molar-refractivity contribution is -0.142. The number of rotatable bonds is 8. The van der Waals surface area contributed by atoms with Crippen molar-refractivity contribution in [3.8, 4) is 0 Å². The highest BCUT2D eigenvalue weighted by molar-refractivity contribution is 5.86. The zero-order valence-electron chi connectivity index (χ0n) is 11.2. The number of unbranched alkanes of at least 4 members (excludes halogenated alkanes) is 1. The average Bonchev–Trinajstić information content (AvgIpc) is 2.35. The minimum absolute atomic E-state index is 0.314. The van der Waals surface area contributed by atoms with Gasteiger partial charge in [-0.1, -0.05) is 0 Å². The number of carboxylic acid groups (broad SMARTS) is 1. The Morgan fingerprint density at radius 3 is 2.47 bits per heavy atom. The van der Waals surface area contributed by atoms with Crippen molar-refractivity contribution in [1.29, 1.82) is 0 Å². The molecule has 8 nitrogen and oxygen atoms in total. The van der Waals surface area contributed by atoms with Crippen molar-refractivity contribution < 1.29 is 19.9 Å². The van der Waals surface area contributed by atoms with E-state index in [0.29, 0.717) is 31.6 Å². The fraction of sp³-hybridized carbons (Fsp3) is 0.727. The third-order valence-corrected chi connectivity index (χ3v) is 2.44. The van der Waals surface area contributed by atoms with Gasteiger partial charge in [-0.2, -0.15) is 0 Å². The monoisotopic (exact) mass is 274 g/mol. The summed E-state index contributed by atoms with van der Waals surface area (Å²) in [6.07, 6.45) is 1.57. The van der Waals surface area contributed by atoms with E-state index in [1.165, 1.54) is 6.92 Å². The minimum atomic E-state index is -1.08. The first kappa shape index (κ1) is 17.3. The first-order valence-corrected chi connectivity index (χ1v) is 6.08. The number of amides is 1. The molecule has 0 heterocycles. The van der Waals surface area contributed by atoms with Crippen molar-refractivity contribution in [3.05, 3.63) is 0 Å². The summed E-state index contributed by atoms with van der Waals surface area (Å²) in [5.41, 5.74) is 7.26. The van der Waals surface area contributed by atoms with Gasteiger partial charge in [0.05, 0.1) is 6.04 Å². The lowest BCUT2D eigenvalue weighted by Crippen LogP contribution is -2.47. The fourth-order valence-corrected chi connectivity index (χ4v) is 1.30. The lowest BCUT2D eigenvalue weighted by atomic mass is 10.1. The molecule has 0 aromatic heterocycles. The van der Waals surface area contributed by atoms with Gasteiger partial charge in [0.15, 0.2) is 0 Å². The van der Waals surface area contributed by atoms with Crippen molar-refractivity contribution in [3.63, 3.8) is 0 Å². The number of nitrogens with two attached hydrogens (primary N) is 1. The molecular formula is C11H22N4O4. The van der Waals surface area contributed by atoms with Gasteiger partial charge in [0.1, 0.15) is 11.9 Å². The number of amidine groups is 1. The van der Waals surface area contributed by atoms with Crippen molar-refractivity contribution in [2.24, 2.45) is 10.7 Å². The first-order chi connectivity index (χ1) is 8.88. The molecule has 0 aliphatic rings. The summed E-state index contributed by atoms with van der Waals surface area (Å²) in [4.78, 5) is 26.2. The SMILES string of the molecule is CC(=NCCCC[C@H](NC(=O)[C@@H](C)N)C(=O)O)NO. The molecule has 0 aliphatic carbocycles. The van der Waals surface area contributed by atoms with Crippen LogP contribution in [0.2, 0.25) is 0 Å². The zero-order valence-corrected chi connectivity index (χ0v) is 11.2. The summed E-state index contributed by atoms with van der Waals surface area (Å²) >= 11 is 0. The second kappa shape index (κ2) is 9.29. The molecule has 0 saturated heterocycles. The van der Waals surface area contributed by atoms with Gasteiger partial charge in [-0.3, -0.25) is 20.5 Å². The van der Waals surface area contributed by atoms with Crippen molar-refractivity contribution in [2.45, 2.75) is 45.2 Å². The topological polar surface area (TPSA) is 137 Å². The van der Waals surface area contributed by atoms with Crippen LogP contribution in [0.25, 0.3) is 0 Å². The van der Waals surface area contributed by atoms with Crippen LogP contribution in [-0.2, 0) is 9.59 Å². The Morgan fingerprint density at radius 1 is 1.37 bits per heavy atom. The molecule has 0 fully saturated rings. The van der Waals surface area contributed by atoms with Gasteiger partial charge in [-0.25, -0.2) is 4.79 Å². The number of carbonyl (C=O) groups is 2.